The molecule has 0 spiro atoms. The molecular weight excluding hydrogens is 238 g/mol. The molecule has 3 heteroatoms. The quantitative estimate of drug-likeness (QED) is 0.819. The molecule has 2 N–H and O–H groups in total. The van der Waals surface area contributed by atoms with Crippen LogP contribution in [0.5, 0.6) is 0 Å². The van der Waals surface area contributed by atoms with Crippen molar-refractivity contribution in [2.45, 2.75) is 44.8 Å². The number of amides is 1. The van der Waals surface area contributed by atoms with Gasteiger partial charge in [-0.2, -0.15) is 0 Å². The summed E-state index contributed by atoms with van der Waals surface area (Å²) in [6.07, 6.45) is 6.71. The lowest BCUT2D eigenvalue weighted by molar-refractivity contribution is -0.118. The normalized spacial score (nSPS) is 23.5. The summed E-state index contributed by atoms with van der Waals surface area (Å²) < 4.78 is 0. The van der Waals surface area contributed by atoms with Crippen molar-refractivity contribution in [3.63, 3.8) is 0 Å². The fraction of sp³-hybridized carbons (Fsp3) is 0.438. The van der Waals surface area contributed by atoms with E-state index in [0.717, 1.165) is 31.2 Å². The van der Waals surface area contributed by atoms with E-state index in [9.17, 15) is 9.90 Å². The van der Waals surface area contributed by atoms with Gasteiger partial charge >= 0.3 is 0 Å². The molecule has 0 radical (unpaired) electrons. The lowest BCUT2D eigenvalue weighted by Gasteiger charge is -2.27. The molecule has 1 aliphatic rings. The third-order valence-corrected chi connectivity index (χ3v) is 3.53. The minimum absolute atomic E-state index is 0.0941. The third kappa shape index (κ3) is 4.21. The Morgan fingerprint density at radius 1 is 1.37 bits per heavy atom. The Morgan fingerprint density at radius 3 is 2.89 bits per heavy atom. The van der Waals surface area contributed by atoms with E-state index < -0.39 is 6.10 Å². The minimum Gasteiger partial charge on any atom is -0.391 e. The second-order valence-corrected chi connectivity index (χ2v) is 5.21. The number of nitrogens with one attached hydrogen (secondary N) is 1. The van der Waals surface area contributed by atoms with Gasteiger partial charge < -0.3 is 10.4 Å². The van der Waals surface area contributed by atoms with Crippen LogP contribution in [0, 0.1) is 6.92 Å². The molecule has 0 unspecified atom stereocenters. The van der Waals surface area contributed by atoms with Crippen LogP contribution < -0.4 is 5.32 Å². The SMILES string of the molecule is Cc1cccc(/C=C/C(=O)N[C@@H]2CCCC[C@H]2O)c1. The summed E-state index contributed by atoms with van der Waals surface area (Å²) in [5.41, 5.74) is 2.18. The molecule has 2 rings (SSSR count). The van der Waals surface area contributed by atoms with Gasteiger partial charge in [-0.1, -0.05) is 42.7 Å². The number of carbonyl (C=O) groups excluding carboxylic acids is 1. The highest BCUT2D eigenvalue weighted by molar-refractivity contribution is 5.91. The van der Waals surface area contributed by atoms with E-state index in [4.69, 9.17) is 0 Å². The number of carbonyl (C=O) groups is 1. The van der Waals surface area contributed by atoms with Gasteiger partial charge in [0.15, 0.2) is 0 Å². The first-order valence-electron chi connectivity index (χ1n) is 6.88. The molecule has 19 heavy (non-hydrogen) atoms. The zero-order valence-electron chi connectivity index (χ0n) is 11.3. The van der Waals surface area contributed by atoms with Gasteiger partial charge in [-0.25, -0.2) is 0 Å². The predicted molar refractivity (Wildman–Crippen MR) is 76.6 cm³/mol. The van der Waals surface area contributed by atoms with Crippen LogP contribution in [0.2, 0.25) is 0 Å². The van der Waals surface area contributed by atoms with Gasteiger partial charge in [-0.15, -0.1) is 0 Å². The van der Waals surface area contributed by atoms with Gasteiger partial charge in [0.25, 0.3) is 0 Å². The molecule has 2 atom stereocenters. The fourth-order valence-electron chi connectivity index (χ4n) is 2.46. The van der Waals surface area contributed by atoms with Gasteiger partial charge in [-0.3, -0.25) is 4.79 Å². The van der Waals surface area contributed by atoms with Gasteiger partial charge in [0.1, 0.15) is 0 Å². The monoisotopic (exact) mass is 259 g/mol. The average Bonchev–Trinajstić information content (AvgIpc) is 2.39. The molecule has 1 aromatic rings. The Bertz CT molecular complexity index is 468. The first-order chi connectivity index (χ1) is 9.15. The van der Waals surface area contributed by atoms with Crippen LogP contribution in [0.3, 0.4) is 0 Å². The number of hydrogen-bond acceptors (Lipinski definition) is 2. The maximum Gasteiger partial charge on any atom is 0.244 e. The van der Waals surface area contributed by atoms with Gasteiger partial charge in [0.2, 0.25) is 5.91 Å². The van der Waals surface area contributed by atoms with E-state index in [1.165, 1.54) is 11.6 Å². The zero-order chi connectivity index (χ0) is 13.7. The Kier molecular flexibility index (Phi) is 4.74. The number of rotatable bonds is 3. The molecule has 3 nitrogen and oxygen atoms in total. The maximum atomic E-state index is 11.8. The smallest absolute Gasteiger partial charge is 0.244 e. The van der Waals surface area contributed by atoms with Crippen molar-refractivity contribution >= 4 is 12.0 Å². The van der Waals surface area contributed by atoms with Crippen molar-refractivity contribution in [2.75, 3.05) is 0 Å². The Morgan fingerprint density at radius 2 is 2.16 bits per heavy atom. The highest BCUT2D eigenvalue weighted by Crippen LogP contribution is 2.18. The Labute approximate surface area is 114 Å². The molecule has 0 bridgehead atoms. The van der Waals surface area contributed by atoms with Crippen LogP contribution in [-0.2, 0) is 4.79 Å². The molecule has 1 aliphatic carbocycles. The first-order valence-corrected chi connectivity index (χ1v) is 6.88. The molecule has 1 amide bonds. The van der Waals surface area contributed by atoms with Crippen LogP contribution in [0.1, 0.15) is 36.8 Å². The van der Waals surface area contributed by atoms with Gasteiger partial charge in [0.05, 0.1) is 12.1 Å². The lowest BCUT2D eigenvalue weighted by Crippen LogP contribution is -2.44. The number of aryl methyl sites for hydroxylation is 1. The van der Waals surface area contributed by atoms with E-state index >= 15 is 0 Å². The maximum absolute atomic E-state index is 11.8. The van der Waals surface area contributed by atoms with Crippen LogP contribution in [0.25, 0.3) is 6.08 Å². The summed E-state index contributed by atoms with van der Waals surface area (Å²) >= 11 is 0. The van der Waals surface area contributed by atoms with Crippen molar-refractivity contribution in [2.24, 2.45) is 0 Å². The number of hydrogen-bond donors (Lipinski definition) is 2. The van der Waals surface area contributed by atoms with Crippen LogP contribution >= 0.6 is 0 Å². The summed E-state index contributed by atoms with van der Waals surface area (Å²) in [7, 11) is 0. The molecule has 1 saturated carbocycles. The summed E-state index contributed by atoms with van der Waals surface area (Å²) in [4.78, 5) is 11.8. The fourth-order valence-corrected chi connectivity index (χ4v) is 2.46. The number of aliphatic hydroxyl groups excluding tert-OH is 1. The first kappa shape index (κ1) is 13.8. The molecule has 0 aliphatic heterocycles. The Hall–Kier alpha value is -1.61. The third-order valence-electron chi connectivity index (χ3n) is 3.53. The zero-order valence-corrected chi connectivity index (χ0v) is 11.3. The van der Waals surface area contributed by atoms with Crippen molar-refractivity contribution in [1.82, 2.24) is 5.32 Å². The minimum atomic E-state index is -0.398. The van der Waals surface area contributed by atoms with Crippen molar-refractivity contribution in [1.29, 1.82) is 0 Å². The van der Waals surface area contributed by atoms with Gasteiger partial charge in [-0.05, 0) is 31.4 Å². The Balaban J connectivity index is 1.90. The summed E-state index contributed by atoms with van der Waals surface area (Å²) in [5.74, 6) is -0.132. The van der Waals surface area contributed by atoms with Crippen LogP contribution in [0.15, 0.2) is 30.3 Å². The summed E-state index contributed by atoms with van der Waals surface area (Å²) in [6, 6.07) is 7.89. The highest BCUT2D eigenvalue weighted by atomic mass is 16.3. The van der Waals surface area contributed by atoms with E-state index in [2.05, 4.69) is 5.32 Å². The highest BCUT2D eigenvalue weighted by Gasteiger charge is 2.23. The molecule has 0 aromatic heterocycles. The van der Waals surface area contributed by atoms with E-state index in [1.54, 1.807) is 6.08 Å². The topological polar surface area (TPSA) is 49.3 Å². The largest absolute Gasteiger partial charge is 0.391 e. The second-order valence-electron chi connectivity index (χ2n) is 5.21. The lowest BCUT2D eigenvalue weighted by atomic mass is 9.92. The molecule has 1 fully saturated rings. The molecule has 0 heterocycles. The summed E-state index contributed by atoms with van der Waals surface area (Å²) in [5, 5.41) is 12.7. The van der Waals surface area contributed by atoms with Crippen molar-refractivity contribution in [3.8, 4) is 0 Å². The second kappa shape index (κ2) is 6.53. The summed E-state index contributed by atoms with van der Waals surface area (Å²) in [6.45, 7) is 2.02. The van der Waals surface area contributed by atoms with E-state index in [1.807, 2.05) is 31.2 Å². The standard InChI is InChI=1S/C16H21NO2/c1-12-5-4-6-13(11-12)9-10-16(19)17-14-7-2-3-8-15(14)18/h4-6,9-11,14-15,18H,2-3,7-8H2,1H3,(H,17,19)/b10-9+/t14-,15-/m1/s1. The average molecular weight is 259 g/mol. The number of aliphatic hydroxyl groups is 1. The van der Waals surface area contributed by atoms with Crippen molar-refractivity contribution < 1.29 is 9.90 Å². The molecule has 1 aromatic carbocycles. The van der Waals surface area contributed by atoms with E-state index in [0.29, 0.717) is 0 Å². The van der Waals surface area contributed by atoms with Crippen LogP contribution in [0.4, 0.5) is 0 Å². The molecule has 0 saturated heterocycles. The number of benzene rings is 1. The molecular formula is C16H21NO2. The van der Waals surface area contributed by atoms with E-state index in [-0.39, 0.29) is 11.9 Å². The molecule has 102 valence electrons. The predicted octanol–water partition coefficient (Wildman–Crippen LogP) is 2.43. The van der Waals surface area contributed by atoms with Crippen LogP contribution in [-0.4, -0.2) is 23.2 Å². The van der Waals surface area contributed by atoms with Gasteiger partial charge in [0, 0.05) is 6.08 Å². The van der Waals surface area contributed by atoms with Crippen molar-refractivity contribution in [3.05, 3.63) is 41.5 Å².